The summed E-state index contributed by atoms with van der Waals surface area (Å²) >= 11 is 1.31. The lowest BCUT2D eigenvalue weighted by atomic mass is 10.0. The summed E-state index contributed by atoms with van der Waals surface area (Å²) in [6.45, 7) is 6.38. The van der Waals surface area contributed by atoms with E-state index in [1.807, 2.05) is 19.1 Å². The first-order chi connectivity index (χ1) is 13.4. The van der Waals surface area contributed by atoms with Crippen LogP contribution in [0.3, 0.4) is 0 Å². The zero-order valence-corrected chi connectivity index (χ0v) is 17.5. The smallest absolute Gasteiger partial charge is 0.233 e. The number of amides is 1. The van der Waals surface area contributed by atoms with Gasteiger partial charge in [0.1, 0.15) is 12.4 Å². The van der Waals surface area contributed by atoms with Gasteiger partial charge in [-0.05, 0) is 43.4 Å². The number of thioether (sulfide) groups is 1. The molecule has 28 heavy (non-hydrogen) atoms. The van der Waals surface area contributed by atoms with E-state index >= 15 is 0 Å². The van der Waals surface area contributed by atoms with Crippen LogP contribution in [0.15, 0.2) is 29.4 Å². The lowest BCUT2D eigenvalue weighted by Crippen LogP contribution is -2.37. The van der Waals surface area contributed by atoms with Crippen molar-refractivity contribution < 1.29 is 9.53 Å². The minimum atomic E-state index is -0.288. The van der Waals surface area contributed by atoms with Gasteiger partial charge in [-0.2, -0.15) is 0 Å². The van der Waals surface area contributed by atoms with Gasteiger partial charge in [0.2, 0.25) is 11.1 Å². The van der Waals surface area contributed by atoms with Gasteiger partial charge < -0.3 is 15.9 Å². The molecule has 1 unspecified atom stereocenters. The summed E-state index contributed by atoms with van der Waals surface area (Å²) in [5, 5.41) is 11.5. The van der Waals surface area contributed by atoms with Crippen molar-refractivity contribution in [3.05, 3.63) is 35.7 Å². The van der Waals surface area contributed by atoms with Gasteiger partial charge in [0.05, 0.1) is 5.25 Å². The fraction of sp³-hybridized carbons (Fsp3) is 0.550. The molecule has 7 nitrogen and oxygen atoms in total. The minimum absolute atomic E-state index is 0.0166. The molecule has 1 aliphatic carbocycles. The Kier molecular flexibility index (Phi) is 6.83. The Morgan fingerprint density at radius 2 is 1.93 bits per heavy atom. The average molecular weight is 404 g/mol. The van der Waals surface area contributed by atoms with Gasteiger partial charge >= 0.3 is 0 Å². The van der Waals surface area contributed by atoms with Gasteiger partial charge in [-0.25, -0.2) is 4.68 Å². The third kappa shape index (κ3) is 5.19. The average Bonchev–Trinajstić information content (AvgIpc) is 3.31. The van der Waals surface area contributed by atoms with Crippen molar-refractivity contribution in [1.82, 2.24) is 20.2 Å². The zero-order chi connectivity index (χ0) is 20.1. The molecule has 1 aliphatic rings. The monoisotopic (exact) mass is 403 g/mol. The van der Waals surface area contributed by atoms with Crippen molar-refractivity contribution in [3.8, 4) is 5.75 Å². The summed E-state index contributed by atoms with van der Waals surface area (Å²) in [5.74, 6) is 7.87. The van der Waals surface area contributed by atoms with Gasteiger partial charge in [-0.1, -0.05) is 50.6 Å². The second kappa shape index (κ2) is 9.32. The predicted octanol–water partition coefficient (Wildman–Crippen LogP) is 3.23. The molecule has 1 saturated carbocycles. The number of carbonyl (C=O) groups excluding carboxylic acids is 1. The first-order valence-electron chi connectivity index (χ1n) is 9.83. The van der Waals surface area contributed by atoms with E-state index in [0.717, 1.165) is 18.6 Å². The molecule has 0 aliphatic heterocycles. The lowest BCUT2D eigenvalue weighted by Gasteiger charge is -2.15. The number of aromatic nitrogens is 3. The van der Waals surface area contributed by atoms with E-state index in [1.165, 1.54) is 34.8 Å². The number of ether oxygens (including phenoxy) is 1. The molecule has 0 saturated heterocycles. The second-order valence-electron chi connectivity index (χ2n) is 7.53. The molecule has 1 aromatic heterocycles. The molecule has 2 aromatic rings. The molecule has 8 heteroatoms. The van der Waals surface area contributed by atoms with Crippen LogP contribution in [0.2, 0.25) is 0 Å². The highest BCUT2D eigenvalue weighted by Gasteiger charge is 2.23. The third-order valence-corrected chi connectivity index (χ3v) is 6.06. The van der Waals surface area contributed by atoms with E-state index in [9.17, 15) is 4.79 Å². The summed E-state index contributed by atoms with van der Waals surface area (Å²) in [6, 6.07) is 8.30. The van der Waals surface area contributed by atoms with Crippen LogP contribution < -0.4 is 15.9 Å². The molecule has 3 rings (SSSR count). The standard InChI is InChI=1S/C20H29N5O2S/c1-13(2)15-8-10-17(11-9-15)27-12-18-23-24-20(25(18)21)28-14(3)19(26)22-16-6-4-5-7-16/h8-11,13-14,16H,4-7,12,21H2,1-3H3,(H,22,26). The fourth-order valence-electron chi connectivity index (χ4n) is 3.18. The topological polar surface area (TPSA) is 95.1 Å². The summed E-state index contributed by atoms with van der Waals surface area (Å²) in [4.78, 5) is 12.4. The zero-order valence-electron chi connectivity index (χ0n) is 16.7. The van der Waals surface area contributed by atoms with Gasteiger partial charge in [0, 0.05) is 6.04 Å². The van der Waals surface area contributed by atoms with Crippen LogP contribution in [0.1, 0.15) is 63.8 Å². The van der Waals surface area contributed by atoms with Crippen molar-refractivity contribution in [3.63, 3.8) is 0 Å². The number of nitrogens with two attached hydrogens (primary N) is 1. The van der Waals surface area contributed by atoms with E-state index in [-0.39, 0.29) is 17.8 Å². The number of nitrogen functional groups attached to an aromatic ring is 1. The fourth-order valence-corrected chi connectivity index (χ4v) is 3.98. The number of benzene rings is 1. The van der Waals surface area contributed by atoms with E-state index in [1.54, 1.807) is 0 Å². The Bertz CT molecular complexity index is 784. The maximum absolute atomic E-state index is 12.4. The summed E-state index contributed by atoms with van der Waals surface area (Å²) in [7, 11) is 0. The van der Waals surface area contributed by atoms with E-state index in [2.05, 4.69) is 41.5 Å². The van der Waals surface area contributed by atoms with Gasteiger partial charge in [-0.3, -0.25) is 4.79 Å². The van der Waals surface area contributed by atoms with Gasteiger partial charge in [0.15, 0.2) is 5.82 Å². The van der Waals surface area contributed by atoms with Gasteiger partial charge in [-0.15, -0.1) is 10.2 Å². The maximum atomic E-state index is 12.4. The molecule has 1 amide bonds. The quantitative estimate of drug-likeness (QED) is 0.519. The van der Waals surface area contributed by atoms with Crippen LogP contribution in [-0.4, -0.2) is 32.1 Å². The summed E-state index contributed by atoms with van der Waals surface area (Å²) < 4.78 is 7.17. The molecular formula is C20H29N5O2S. The minimum Gasteiger partial charge on any atom is -0.486 e. The number of hydrogen-bond donors (Lipinski definition) is 2. The van der Waals surface area contributed by atoms with E-state index in [4.69, 9.17) is 10.6 Å². The second-order valence-corrected chi connectivity index (χ2v) is 8.84. The highest BCUT2D eigenvalue weighted by molar-refractivity contribution is 8.00. The van der Waals surface area contributed by atoms with Crippen LogP contribution in [0.25, 0.3) is 0 Å². The van der Waals surface area contributed by atoms with E-state index in [0.29, 0.717) is 22.9 Å². The van der Waals surface area contributed by atoms with Crippen LogP contribution >= 0.6 is 11.8 Å². The van der Waals surface area contributed by atoms with Crippen molar-refractivity contribution in [2.24, 2.45) is 0 Å². The van der Waals surface area contributed by atoms with Crippen LogP contribution in [0, 0.1) is 0 Å². The van der Waals surface area contributed by atoms with Crippen molar-refractivity contribution >= 4 is 17.7 Å². The Morgan fingerprint density at radius 1 is 1.25 bits per heavy atom. The Morgan fingerprint density at radius 3 is 2.57 bits per heavy atom. The third-order valence-electron chi connectivity index (χ3n) is 5.00. The van der Waals surface area contributed by atoms with Crippen LogP contribution in [0.5, 0.6) is 5.75 Å². The number of hydrogen-bond acceptors (Lipinski definition) is 6. The van der Waals surface area contributed by atoms with Crippen molar-refractivity contribution in [2.45, 2.75) is 75.4 Å². The lowest BCUT2D eigenvalue weighted by molar-refractivity contribution is -0.120. The molecule has 1 heterocycles. The van der Waals surface area contributed by atoms with Crippen LogP contribution in [-0.2, 0) is 11.4 Å². The SMILES string of the molecule is CC(Sc1nnc(COc2ccc(C(C)C)cc2)n1N)C(=O)NC1CCCC1. The normalized spacial score (nSPS) is 15.7. The van der Waals surface area contributed by atoms with Gasteiger partial charge in [0.25, 0.3) is 0 Å². The molecule has 3 N–H and O–H groups in total. The largest absolute Gasteiger partial charge is 0.486 e. The molecule has 1 fully saturated rings. The summed E-state index contributed by atoms with van der Waals surface area (Å²) in [5.41, 5.74) is 1.26. The number of nitrogens with one attached hydrogen (secondary N) is 1. The molecule has 152 valence electrons. The molecule has 0 radical (unpaired) electrons. The first-order valence-corrected chi connectivity index (χ1v) is 10.7. The Labute approximate surface area is 170 Å². The number of carbonyl (C=O) groups is 1. The molecule has 0 bridgehead atoms. The molecule has 1 aromatic carbocycles. The number of nitrogens with zero attached hydrogens (tertiary/aromatic N) is 3. The molecule has 0 spiro atoms. The molecular weight excluding hydrogens is 374 g/mol. The first kappa shape index (κ1) is 20.5. The highest BCUT2D eigenvalue weighted by Crippen LogP contribution is 2.24. The predicted molar refractivity (Wildman–Crippen MR) is 111 cm³/mol. The van der Waals surface area contributed by atoms with Crippen molar-refractivity contribution in [2.75, 3.05) is 5.84 Å². The maximum Gasteiger partial charge on any atom is 0.233 e. The van der Waals surface area contributed by atoms with Crippen LogP contribution in [0.4, 0.5) is 0 Å². The Hall–Kier alpha value is -2.22. The number of rotatable bonds is 8. The Balaban J connectivity index is 1.53. The summed E-state index contributed by atoms with van der Waals surface area (Å²) in [6.07, 6.45) is 4.51. The van der Waals surface area contributed by atoms with Crippen molar-refractivity contribution in [1.29, 1.82) is 0 Å². The molecule has 1 atom stereocenters. The van der Waals surface area contributed by atoms with E-state index < -0.39 is 0 Å². The highest BCUT2D eigenvalue weighted by atomic mass is 32.2.